The molecule has 0 aliphatic heterocycles. The first-order valence-electron chi connectivity index (χ1n) is 20.2. The predicted octanol–water partition coefficient (Wildman–Crippen LogP) is 14.9. The summed E-state index contributed by atoms with van der Waals surface area (Å²) in [6, 6.07) is 67.5. The van der Waals surface area contributed by atoms with Crippen molar-refractivity contribution in [1.82, 2.24) is 9.38 Å². The molecule has 2 heteroatoms. The zero-order valence-electron chi connectivity index (χ0n) is 32.4. The van der Waals surface area contributed by atoms with Crippen LogP contribution in [0.2, 0.25) is 0 Å². The Balaban J connectivity index is 1.19. The fourth-order valence-electron chi connectivity index (χ4n) is 9.97. The zero-order valence-corrected chi connectivity index (χ0v) is 32.4. The van der Waals surface area contributed by atoms with E-state index in [9.17, 15) is 0 Å². The second-order valence-corrected chi connectivity index (χ2v) is 16.3. The minimum atomic E-state index is -0.144. The first kappa shape index (κ1) is 32.9. The molecule has 0 atom stereocenters. The molecule has 2 nitrogen and oxygen atoms in total. The van der Waals surface area contributed by atoms with E-state index in [0.29, 0.717) is 0 Å². The van der Waals surface area contributed by atoms with Crippen molar-refractivity contribution in [1.29, 1.82) is 0 Å². The van der Waals surface area contributed by atoms with Gasteiger partial charge in [-0.1, -0.05) is 166 Å². The van der Waals surface area contributed by atoms with E-state index in [-0.39, 0.29) is 5.41 Å². The highest BCUT2D eigenvalue weighted by Gasteiger charge is 2.36. The number of benzene rings is 9. The van der Waals surface area contributed by atoms with Crippen LogP contribution in [0.3, 0.4) is 0 Å². The van der Waals surface area contributed by atoms with Gasteiger partial charge in [0.2, 0.25) is 0 Å². The first-order valence-corrected chi connectivity index (χ1v) is 20.2. The molecule has 1 aliphatic rings. The SMILES string of the molecule is CC1(C)c2ccccc2-c2cc3c(-c4cccc5ccccc45)c4ccc(-c5ccc(-c6cn7ccccc7n6)cc5)cc4c(-c4cccc5ccccc45)c3cc21. The van der Waals surface area contributed by atoms with E-state index < -0.39 is 0 Å². The van der Waals surface area contributed by atoms with Crippen molar-refractivity contribution >= 4 is 48.7 Å². The number of hydrogen-bond donors (Lipinski definition) is 0. The fourth-order valence-corrected chi connectivity index (χ4v) is 9.97. The van der Waals surface area contributed by atoms with Crippen molar-refractivity contribution in [3.63, 3.8) is 0 Å². The molecule has 2 aromatic heterocycles. The monoisotopic (exact) mass is 738 g/mol. The minimum absolute atomic E-state index is 0.144. The molecule has 0 N–H and O–H groups in total. The van der Waals surface area contributed by atoms with Gasteiger partial charge in [0.25, 0.3) is 0 Å². The van der Waals surface area contributed by atoms with Gasteiger partial charge in [0.15, 0.2) is 0 Å². The van der Waals surface area contributed by atoms with E-state index in [1.807, 2.05) is 24.4 Å². The van der Waals surface area contributed by atoms with Gasteiger partial charge in [-0.25, -0.2) is 4.98 Å². The maximum absolute atomic E-state index is 4.90. The van der Waals surface area contributed by atoms with Crippen LogP contribution in [0, 0.1) is 0 Å². The smallest absolute Gasteiger partial charge is 0.137 e. The van der Waals surface area contributed by atoms with Crippen molar-refractivity contribution in [2.45, 2.75) is 19.3 Å². The van der Waals surface area contributed by atoms with Gasteiger partial charge in [0.1, 0.15) is 5.65 Å². The third-order valence-corrected chi connectivity index (χ3v) is 12.8. The van der Waals surface area contributed by atoms with Crippen LogP contribution >= 0.6 is 0 Å². The molecule has 272 valence electrons. The maximum atomic E-state index is 4.90. The molecule has 9 aromatic carbocycles. The maximum Gasteiger partial charge on any atom is 0.137 e. The lowest BCUT2D eigenvalue weighted by molar-refractivity contribution is 0.661. The van der Waals surface area contributed by atoms with Gasteiger partial charge in [-0.3, -0.25) is 0 Å². The van der Waals surface area contributed by atoms with E-state index in [0.717, 1.165) is 16.9 Å². The Morgan fingerprint density at radius 3 is 1.71 bits per heavy atom. The van der Waals surface area contributed by atoms with Crippen LogP contribution in [0.1, 0.15) is 25.0 Å². The number of pyridine rings is 1. The highest BCUT2D eigenvalue weighted by atomic mass is 15.0. The van der Waals surface area contributed by atoms with E-state index in [1.54, 1.807) is 0 Å². The molecular weight excluding hydrogens is 701 g/mol. The number of rotatable bonds is 4. The number of aromatic nitrogens is 2. The van der Waals surface area contributed by atoms with Crippen LogP contribution in [-0.2, 0) is 5.41 Å². The van der Waals surface area contributed by atoms with Crippen LogP contribution in [0.15, 0.2) is 194 Å². The van der Waals surface area contributed by atoms with Gasteiger partial charge in [-0.15, -0.1) is 0 Å². The topological polar surface area (TPSA) is 17.3 Å². The highest BCUT2D eigenvalue weighted by Crippen LogP contribution is 2.54. The van der Waals surface area contributed by atoms with Gasteiger partial charge in [0.05, 0.1) is 5.69 Å². The Kier molecular flexibility index (Phi) is 7.01. The zero-order chi connectivity index (χ0) is 38.5. The number of nitrogens with zero attached hydrogens (tertiary/aromatic N) is 2. The summed E-state index contributed by atoms with van der Waals surface area (Å²) in [7, 11) is 0. The van der Waals surface area contributed by atoms with Crippen molar-refractivity contribution in [2.24, 2.45) is 0 Å². The lowest BCUT2D eigenvalue weighted by Crippen LogP contribution is -2.14. The summed E-state index contributed by atoms with van der Waals surface area (Å²) >= 11 is 0. The summed E-state index contributed by atoms with van der Waals surface area (Å²) in [6.07, 6.45) is 4.15. The summed E-state index contributed by atoms with van der Waals surface area (Å²) in [5.74, 6) is 0. The molecule has 0 saturated carbocycles. The normalized spacial score (nSPS) is 13.1. The average Bonchev–Trinajstić information content (AvgIpc) is 3.81. The summed E-state index contributed by atoms with van der Waals surface area (Å²) < 4.78 is 2.08. The summed E-state index contributed by atoms with van der Waals surface area (Å²) in [6.45, 7) is 4.78. The molecule has 0 spiro atoms. The molecule has 0 radical (unpaired) electrons. The summed E-state index contributed by atoms with van der Waals surface area (Å²) in [4.78, 5) is 4.90. The Hall–Kier alpha value is -7.29. The van der Waals surface area contributed by atoms with Gasteiger partial charge in [-0.05, 0) is 129 Å². The fraction of sp³-hybridized carbons (Fsp3) is 0.0536. The molecule has 0 amide bonds. The molecule has 0 saturated heterocycles. The molecule has 0 fully saturated rings. The van der Waals surface area contributed by atoms with Gasteiger partial charge in [-0.2, -0.15) is 0 Å². The predicted molar refractivity (Wildman–Crippen MR) is 245 cm³/mol. The molecule has 0 bridgehead atoms. The number of fused-ring (bicyclic) bond motifs is 8. The standard InChI is InChI=1S/C56H38N2/c1-56(2)50-22-8-7-19-42(50)46-32-48-49(33-51(46)56)55(44-21-12-16-37-14-4-6-18-41(37)44)47-31-39(28-29-45(47)54(48)43-20-11-15-36-13-3-5-17-40(36)43)35-24-26-38(27-25-35)52-34-58-30-10-9-23-53(58)57-52/h3-34H,1-2H3. The second kappa shape index (κ2) is 12.4. The number of imidazole rings is 1. The van der Waals surface area contributed by atoms with Crippen LogP contribution in [0.4, 0.5) is 0 Å². The number of hydrogen-bond acceptors (Lipinski definition) is 1. The highest BCUT2D eigenvalue weighted by molar-refractivity contribution is 6.26. The van der Waals surface area contributed by atoms with E-state index in [2.05, 4.69) is 188 Å². The molecule has 11 aromatic rings. The molecule has 0 unspecified atom stereocenters. The quantitative estimate of drug-likeness (QED) is 0.164. The Morgan fingerprint density at radius 2 is 0.966 bits per heavy atom. The van der Waals surface area contributed by atoms with Crippen LogP contribution < -0.4 is 0 Å². The molecule has 2 heterocycles. The Bertz CT molecular complexity index is 3430. The second-order valence-electron chi connectivity index (χ2n) is 16.3. The van der Waals surface area contributed by atoms with Crippen LogP contribution in [0.5, 0.6) is 0 Å². The third kappa shape index (κ3) is 4.82. The molecule has 58 heavy (non-hydrogen) atoms. The lowest BCUT2D eigenvalue weighted by Gasteiger charge is -2.24. The summed E-state index contributed by atoms with van der Waals surface area (Å²) in [5.41, 5.74) is 15.8. The van der Waals surface area contributed by atoms with Crippen LogP contribution in [0.25, 0.3) is 105 Å². The van der Waals surface area contributed by atoms with Crippen molar-refractivity contribution < 1.29 is 0 Å². The van der Waals surface area contributed by atoms with Crippen molar-refractivity contribution in [3.8, 4) is 55.8 Å². The van der Waals surface area contributed by atoms with E-state index in [1.165, 1.54) is 98.7 Å². The van der Waals surface area contributed by atoms with Gasteiger partial charge in [0, 0.05) is 23.4 Å². The van der Waals surface area contributed by atoms with Crippen molar-refractivity contribution in [3.05, 3.63) is 206 Å². The molecule has 1 aliphatic carbocycles. The minimum Gasteiger partial charge on any atom is -0.306 e. The Labute approximate surface area is 337 Å². The summed E-state index contributed by atoms with van der Waals surface area (Å²) in [5, 5.41) is 10.1. The van der Waals surface area contributed by atoms with Crippen LogP contribution in [-0.4, -0.2) is 9.38 Å². The van der Waals surface area contributed by atoms with Gasteiger partial charge < -0.3 is 4.40 Å². The third-order valence-electron chi connectivity index (χ3n) is 12.8. The van der Waals surface area contributed by atoms with Crippen molar-refractivity contribution in [2.75, 3.05) is 0 Å². The van der Waals surface area contributed by atoms with E-state index in [4.69, 9.17) is 4.98 Å². The largest absolute Gasteiger partial charge is 0.306 e. The Morgan fingerprint density at radius 1 is 0.397 bits per heavy atom. The van der Waals surface area contributed by atoms with E-state index >= 15 is 0 Å². The average molecular weight is 739 g/mol. The molecular formula is C56H38N2. The lowest BCUT2D eigenvalue weighted by atomic mass is 9.78. The first-order chi connectivity index (χ1) is 28.5. The molecule has 12 rings (SSSR count). The van der Waals surface area contributed by atoms with Gasteiger partial charge >= 0.3 is 0 Å².